The predicted octanol–water partition coefficient (Wildman–Crippen LogP) is 1.35. The first-order valence-corrected chi connectivity index (χ1v) is 6.19. The van der Waals surface area contributed by atoms with Crippen molar-refractivity contribution in [3.63, 3.8) is 0 Å². The van der Waals surface area contributed by atoms with E-state index in [0.717, 1.165) is 12.0 Å². The first-order valence-electron chi connectivity index (χ1n) is 6.19. The van der Waals surface area contributed by atoms with Crippen molar-refractivity contribution < 1.29 is 9.59 Å². The average molecular weight is 246 g/mol. The molecule has 1 fully saturated rings. The average Bonchev–Trinajstić information content (AvgIpc) is 2.76. The van der Waals surface area contributed by atoms with Gasteiger partial charge in [0.2, 0.25) is 5.91 Å². The molecule has 0 bridgehead atoms. The number of carbonyl (C=O) groups excluding carboxylic acids is 2. The predicted molar refractivity (Wildman–Crippen MR) is 69.3 cm³/mol. The molecule has 18 heavy (non-hydrogen) atoms. The maximum absolute atomic E-state index is 12.2. The summed E-state index contributed by atoms with van der Waals surface area (Å²) in [5.74, 6) is 0.00693. The minimum Gasteiger partial charge on any atom is -0.352 e. The number of benzene rings is 1. The van der Waals surface area contributed by atoms with E-state index in [1.807, 2.05) is 31.2 Å². The highest BCUT2D eigenvalue weighted by Crippen LogP contribution is 2.14. The van der Waals surface area contributed by atoms with Crippen molar-refractivity contribution in [2.45, 2.75) is 26.3 Å². The van der Waals surface area contributed by atoms with E-state index in [9.17, 15) is 9.59 Å². The zero-order chi connectivity index (χ0) is 13.1. The van der Waals surface area contributed by atoms with Crippen LogP contribution in [0.3, 0.4) is 0 Å². The monoisotopic (exact) mass is 246 g/mol. The third-order valence-electron chi connectivity index (χ3n) is 3.18. The van der Waals surface area contributed by atoms with E-state index in [2.05, 4.69) is 5.32 Å². The molecule has 4 heteroatoms. The minimum atomic E-state index is -0.0374. The Morgan fingerprint density at radius 1 is 1.28 bits per heavy atom. The molecule has 1 aromatic rings. The lowest BCUT2D eigenvalue weighted by Gasteiger charge is -2.17. The second-order valence-corrected chi connectivity index (χ2v) is 4.80. The number of hydrogen-bond donors (Lipinski definition) is 1. The number of aryl methyl sites for hydroxylation is 1. The Morgan fingerprint density at radius 2 is 1.94 bits per heavy atom. The molecule has 0 saturated carbocycles. The van der Waals surface area contributed by atoms with E-state index in [-0.39, 0.29) is 17.9 Å². The fourth-order valence-electron chi connectivity index (χ4n) is 2.23. The molecule has 2 amide bonds. The summed E-state index contributed by atoms with van der Waals surface area (Å²) in [5, 5.41) is 2.85. The van der Waals surface area contributed by atoms with E-state index >= 15 is 0 Å². The van der Waals surface area contributed by atoms with E-state index in [1.54, 1.807) is 4.90 Å². The van der Waals surface area contributed by atoms with E-state index < -0.39 is 0 Å². The molecule has 1 aliphatic heterocycles. The first-order chi connectivity index (χ1) is 8.56. The Kier molecular flexibility index (Phi) is 3.65. The van der Waals surface area contributed by atoms with E-state index in [4.69, 9.17) is 0 Å². The van der Waals surface area contributed by atoms with Gasteiger partial charge in [0.15, 0.2) is 0 Å². The van der Waals surface area contributed by atoms with Crippen LogP contribution in [0, 0.1) is 6.92 Å². The second-order valence-electron chi connectivity index (χ2n) is 4.80. The van der Waals surface area contributed by atoms with E-state index in [0.29, 0.717) is 18.7 Å². The molecule has 4 nitrogen and oxygen atoms in total. The Morgan fingerprint density at radius 3 is 2.56 bits per heavy atom. The van der Waals surface area contributed by atoms with E-state index in [1.165, 1.54) is 6.92 Å². The summed E-state index contributed by atoms with van der Waals surface area (Å²) < 4.78 is 0. The van der Waals surface area contributed by atoms with Crippen molar-refractivity contribution in [1.29, 1.82) is 0 Å². The molecule has 0 unspecified atom stereocenters. The molecule has 1 aliphatic rings. The van der Waals surface area contributed by atoms with Crippen molar-refractivity contribution >= 4 is 11.8 Å². The standard InChI is InChI=1S/C14H18N2O2/c1-10-3-5-12(6-4-10)14(18)16-8-7-13(9-16)15-11(2)17/h3-6,13H,7-9H2,1-2H3,(H,15,17)/t13-/m1/s1. The van der Waals surface area contributed by atoms with Crippen LogP contribution in [0.4, 0.5) is 0 Å². The summed E-state index contributed by atoms with van der Waals surface area (Å²) >= 11 is 0. The highest BCUT2D eigenvalue weighted by atomic mass is 16.2. The summed E-state index contributed by atoms with van der Waals surface area (Å²) in [4.78, 5) is 25.0. The highest BCUT2D eigenvalue weighted by Gasteiger charge is 2.27. The van der Waals surface area contributed by atoms with Crippen LogP contribution in [0.25, 0.3) is 0 Å². The van der Waals surface area contributed by atoms with Crippen LogP contribution in [0.2, 0.25) is 0 Å². The molecule has 1 atom stereocenters. The zero-order valence-corrected chi connectivity index (χ0v) is 10.8. The number of rotatable bonds is 2. The lowest BCUT2D eigenvalue weighted by atomic mass is 10.1. The van der Waals surface area contributed by atoms with Gasteiger partial charge in [-0.15, -0.1) is 0 Å². The zero-order valence-electron chi connectivity index (χ0n) is 10.8. The van der Waals surface area contributed by atoms with Crippen LogP contribution >= 0.6 is 0 Å². The summed E-state index contributed by atoms with van der Waals surface area (Å²) in [6, 6.07) is 7.67. The van der Waals surface area contributed by atoms with Crippen molar-refractivity contribution in [3.05, 3.63) is 35.4 Å². The number of carbonyl (C=O) groups is 2. The van der Waals surface area contributed by atoms with Crippen LogP contribution in [0.15, 0.2) is 24.3 Å². The maximum Gasteiger partial charge on any atom is 0.253 e. The highest BCUT2D eigenvalue weighted by molar-refractivity contribution is 5.94. The summed E-state index contributed by atoms with van der Waals surface area (Å²) in [5.41, 5.74) is 1.85. The fourth-order valence-corrected chi connectivity index (χ4v) is 2.23. The first kappa shape index (κ1) is 12.6. The second kappa shape index (κ2) is 5.21. The van der Waals surface area contributed by atoms with Gasteiger partial charge >= 0.3 is 0 Å². The van der Waals surface area contributed by atoms with Gasteiger partial charge in [0.05, 0.1) is 0 Å². The van der Waals surface area contributed by atoms with Gasteiger partial charge in [-0.25, -0.2) is 0 Å². The number of nitrogens with zero attached hydrogens (tertiary/aromatic N) is 1. The van der Waals surface area contributed by atoms with Gasteiger partial charge < -0.3 is 10.2 Å². The van der Waals surface area contributed by atoms with Crippen LogP contribution in [-0.2, 0) is 4.79 Å². The van der Waals surface area contributed by atoms with Gasteiger partial charge in [0.25, 0.3) is 5.91 Å². The van der Waals surface area contributed by atoms with Gasteiger partial charge in [-0.2, -0.15) is 0 Å². The Bertz CT molecular complexity index is 453. The molecule has 1 N–H and O–H groups in total. The lowest BCUT2D eigenvalue weighted by Crippen LogP contribution is -2.37. The van der Waals surface area contributed by atoms with Crippen molar-refractivity contribution in [2.24, 2.45) is 0 Å². The maximum atomic E-state index is 12.2. The molecule has 1 heterocycles. The Balaban J connectivity index is 1.99. The Hall–Kier alpha value is -1.84. The molecule has 2 rings (SSSR count). The van der Waals surface area contributed by atoms with Gasteiger partial charge in [-0.3, -0.25) is 9.59 Å². The van der Waals surface area contributed by atoms with Crippen LogP contribution in [0.5, 0.6) is 0 Å². The molecule has 0 radical (unpaired) electrons. The van der Waals surface area contributed by atoms with Gasteiger partial charge in [-0.1, -0.05) is 17.7 Å². The number of nitrogens with one attached hydrogen (secondary N) is 1. The molecule has 0 aliphatic carbocycles. The van der Waals surface area contributed by atoms with Crippen LogP contribution in [-0.4, -0.2) is 35.8 Å². The van der Waals surface area contributed by atoms with Gasteiger partial charge in [0, 0.05) is 31.6 Å². The third kappa shape index (κ3) is 2.88. The number of amides is 2. The molecule has 1 saturated heterocycles. The number of hydrogen-bond acceptors (Lipinski definition) is 2. The topological polar surface area (TPSA) is 49.4 Å². The Labute approximate surface area is 107 Å². The normalized spacial score (nSPS) is 18.8. The van der Waals surface area contributed by atoms with Crippen LogP contribution < -0.4 is 5.32 Å². The molecular formula is C14H18N2O2. The molecule has 0 aromatic heterocycles. The van der Waals surface area contributed by atoms with Crippen molar-refractivity contribution in [3.8, 4) is 0 Å². The fraction of sp³-hybridized carbons (Fsp3) is 0.429. The van der Waals surface area contributed by atoms with Gasteiger partial charge in [-0.05, 0) is 25.5 Å². The molecular weight excluding hydrogens is 228 g/mol. The lowest BCUT2D eigenvalue weighted by molar-refractivity contribution is -0.119. The van der Waals surface area contributed by atoms with Crippen LogP contribution in [0.1, 0.15) is 29.3 Å². The summed E-state index contributed by atoms with van der Waals surface area (Å²) in [6.07, 6.45) is 0.831. The quantitative estimate of drug-likeness (QED) is 0.856. The van der Waals surface area contributed by atoms with Crippen molar-refractivity contribution in [2.75, 3.05) is 13.1 Å². The summed E-state index contributed by atoms with van der Waals surface area (Å²) in [6.45, 7) is 4.81. The largest absolute Gasteiger partial charge is 0.352 e. The SMILES string of the molecule is CC(=O)N[C@@H]1CCN(C(=O)c2ccc(C)cc2)C1. The molecule has 96 valence electrons. The number of likely N-dealkylation sites (tertiary alicyclic amines) is 1. The smallest absolute Gasteiger partial charge is 0.253 e. The molecule has 1 aromatic carbocycles. The molecule has 0 spiro atoms. The summed E-state index contributed by atoms with van der Waals surface area (Å²) in [7, 11) is 0. The van der Waals surface area contributed by atoms with Crippen molar-refractivity contribution in [1.82, 2.24) is 10.2 Å². The minimum absolute atomic E-state index is 0.0374. The third-order valence-corrected chi connectivity index (χ3v) is 3.18. The van der Waals surface area contributed by atoms with Gasteiger partial charge in [0.1, 0.15) is 0 Å².